The van der Waals surface area contributed by atoms with Crippen LogP contribution in [-0.4, -0.2) is 107 Å². The van der Waals surface area contributed by atoms with Crippen LogP contribution in [0.3, 0.4) is 0 Å². The summed E-state index contributed by atoms with van der Waals surface area (Å²) in [6.07, 6.45) is 10.9. The molecule has 3 aliphatic carbocycles. The van der Waals surface area contributed by atoms with E-state index < -0.39 is 65.4 Å². The molecule has 1 aromatic carbocycles. The highest BCUT2D eigenvalue weighted by molar-refractivity contribution is 7.46. The highest BCUT2D eigenvalue weighted by Crippen LogP contribution is 2.72. The van der Waals surface area contributed by atoms with Gasteiger partial charge in [0.05, 0.1) is 42.9 Å². The number of fused-ring (bicyclic) bond motifs is 2. The molecule has 1 aromatic rings. The summed E-state index contributed by atoms with van der Waals surface area (Å²) >= 11 is 0. The minimum Gasteiger partial charge on any atom is -0.482 e. The molecular weight excluding hydrogens is 779 g/mol. The van der Waals surface area contributed by atoms with E-state index in [0.29, 0.717) is 44.7 Å². The van der Waals surface area contributed by atoms with E-state index in [1.54, 1.807) is 26.1 Å². The minimum absolute atomic E-state index is 0.0321. The Morgan fingerprint density at radius 2 is 1.69 bits per heavy atom. The molecule has 0 radical (unpaired) electrons. The summed E-state index contributed by atoms with van der Waals surface area (Å²) < 4.78 is 50.9. The number of benzene rings is 1. The van der Waals surface area contributed by atoms with E-state index >= 15 is 9.59 Å². The monoisotopic (exact) mass is 838 g/mol. The second-order valence-corrected chi connectivity index (χ2v) is 19.3. The number of morpholine rings is 1. The van der Waals surface area contributed by atoms with E-state index in [1.165, 1.54) is 7.11 Å². The van der Waals surface area contributed by atoms with Gasteiger partial charge in [-0.15, -0.1) is 0 Å². The van der Waals surface area contributed by atoms with E-state index in [0.717, 1.165) is 11.1 Å². The number of esters is 1. The molecule has 5 fully saturated rings. The highest BCUT2D eigenvalue weighted by Gasteiger charge is 2.89. The van der Waals surface area contributed by atoms with Crippen LogP contribution >= 0.6 is 7.82 Å². The van der Waals surface area contributed by atoms with Crippen LogP contribution < -0.4 is 19.3 Å². The summed E-state index contributed by atoms with van der Waals surface area (Å²) in [7, 11) is -2.30. The van der Waals surface area contributed by atoms with Crippen LogP contribution in [0, 0.1) is 11.8 Å². The maximum Gasteiger partial charge on any atom is 0.524 e. The highest BCUT2D eigenvalue weighted by atomic mass is 31.2. The molecule has 0 aromatic heterocycles. The average Bonchev–Trinajstić information content (AvgIpc) is 3.31. The number of nitrogens with zero attached hydrogens (tertiary/aromatic N) is 1. The molecule has 7 atom stereocenters. The number of ketones is 2. The Bertz CT molecular complexity index is 2120. The van der Waals surface area contributed by atoms with Crippen molar-refractivity contribution >= 4 is 31.4 Å². The minimum atomic E-state index is -5.30. The van der Waals surface area contributed by atoms with Crippen LogP contribution in [0.4, 0.5) is 0 Å². The van der Waals surface area contributed by atoms with Crippen molar-refractivity contribution in [3.8, 4) is 17.2 Å². The molecule has 59 heavy (non-hydrogen) atoms. The van der Waals surface area contributed by atoms with Gasteiger partial charge < -0.3 is 33.5 Å². The van der Waals surface area contributed by atoms with Crippen LogP contribution in [0.25, 0.3) is 6.08 Å². The maximum atomic E-state index is 16.2. The van der Waals surface area contributed by atoms with Gasteiger partial charge in [-0.25, -0.2) is 9.36 Å². The first-order valence-electron chi connectivity index (χ1n) is 20.5. The van der Waals surface area contributed by atoms with Gasteiger partial charge in [-0.05, 0) is 100 Å². The number of Topliss-reactive ketones (excluding diaryl/α,β-unsaturated/α-hetero) is 2. The van der Waals surface area contributed by atoms with Crippen molar-refractivity contribution in [1.29, 1.82) is 0 Å². The van der Waals surface area contributed by atoms with Crippen molar-refractivity contribution in [3.05, 3.63) is 57.7 Å². The molecule has 322 valence electrons. The molecular formula is C44H59N2O12P. The molecule has 4 bridgehead atoms. The van der Waals surface area contributed by atoms with E-state index in [9.17, 15) is 19.1 Å². The van der Waals surface area contributed by atoms with Gasteiger partial charge in [0, 0.05) is 42.6 Å². The van der Waals surface area contributed by atoms with Gasteiger partial charge in [-0.3, -0.25) is 24.3 Å². The first-order valence-corrected chi connectivity index (χ1v) is 22.0. The number of phosphoric ester groups is 1. The zero-order valence-corrected chi connectivity index (χ0v) is 36.7. The summed E-state index contributed by atoms with van der Waals surface area (Å²) in [5.74, 6) is -3.10. The van der Waals surface area contributed by atoms with Gasteiger partial charge >= 0.3 is 13.8 Å². The van der Waals surface area contributed by atoms with E-state index in [4.69, 9.17) is 28.2 Å². The van der Waals surface area contributed by atoms with Crippen LogP contribution in [0.2, 0.25) is 0 Å². The molecule has 4 aliphatic heterocycles. The first kappa shape index (κ1) is 43.5. The van der Waals surface area contributed by atoms with Crippen LogP contribution in [0.15, 0.2) is 41.0 Å². The van der Waals surface area contributed by atoms with Crippen molar-refractivity contribution < 1.29 is 56.9 Å². The summed E-state index contributed by atoms with van der Waals surface area (Å²) in [6, 6.07) is -0.789. The summed E-state index contributed by atoms with van der Waals surface area (Å²) in [6.45, 7) is 16.9. The lowest BCUT2D eigenvalue weighted by Crippen LogP contribution is -2.90. The second kappa shape index (κ2) is 15.1. The zero-order chi connectivity index (χ0) is 43.1. The molecule has 3 saturated carbocycles. The van der Waals surface area contributed by atoms with Gasteiger partial charge in [0.1, 0.15) is 22.7 Å². The molecule has 8 rings (SSSR count). The third kappa shape index (κ3) is 6.78. The van der Waals surface area contributed by atoms with Crippen molar-refractivity contribution in [2.24, 2.45) is 11.8 Å². The fraction of sp³-hybridized carbons (Fsp3) is 0.614. The fourth-order valence-electron chi connectivity index (χ4n) is 10.9. The Labute approximate surface area is 346 Å². The predicted molar refractivity (Wildman–Crippen MR) is 220 cm³/mol. The predicted octanol–water partition coefficient (Wildman–Crippen LogP) is 5.83. The smallest absolute Gasteiger partial charge is 0.482 e. The Hall–Kier alpha value is -3.62. The Kier molecular flexibility index (Phi) is 11.1. The number of ether oxygens (including phenoxy) is 5. The summed E-state index contributed by atoms with van der Waals surface area (Å²) in [5, 5.41) is 3.41. The summed E-state index contributed by atoms with van der Waals surface area (Å²) in [4.78, 5) is 67.9. The Morgan fingerprint density at radius 1 is 1.02 bits per heavy atom. The van der Waals surface area contributed by atoms with E-state index in [2.05, 4.69) is 16.3 Å². The number of rotatable bonds is 12. The van der Waals surface area contributed by atoms with Gasteiger partial charge in [0.25, 0.3) is 0 Å². The molecule has 3 N–H and O–H groups in total. The van der Waals surface area contributed by atoms with E-state index in [-0.39, 0.29) is 59.0 Å². The molecule has 7 unspecified atom stereocenters. The van der Waals surface area contributed by atoms with E-state index in [1.807, 2.05) is 60.6 Å². The first-order chi connectivity index (χ1) is 27.6. The lowest BCUT2D eigenvalue weighted by Gasteiger charge is -2.68. The quantitative estimate of drug-likeness (QED) is 0.0992. The fourth-order valence-corrected chi connectivity index (χ4v) is 11.3. The molecule has 14 nitrogen and oxygen atoms in total. The van der Waals surface area contributed by atoms with Gasteiger partial charge in [-0.2, -0.15) is 0 Å². The lowest BCUT2D eigenvalue weighted by molar-refractivity contribution is -0.223. The number of hydrogen-bond donors (Lipinski definition) is 3. The van der Waals surface area contributed by atoms with Crippen molar-refractivity contribution in [1.82, 2.24) is 10.2 Å². The number of carbonyl (C=O) groups is 3. The second-order valence-electron chi connectivity index (χ2n) is 18.1. The summed E-state index contributed by atoms with van der Waals surface area (Å²) in [5.41, 5.74) is -3.76. The topological polar surface area (TPSA) is 179 Å². The lowest BCUT2D eigenvalue weighted by atomic mass is 9.42. The van der Waals surface area contributed by atoms with Gasteiger partial charge in [0.15, 0.2) is 28.5 Å². The number of phosphoric acid groups is 1. The third-order valence-electron chi connectivity index (χ3n) is 13.4. The molecule has 1 spiro atoms. The standard InChI is InChI=1S/C44H59N2O12P/c1-25(2)12-11-17-41(8)18-16-29-34(55-41)28(14-13-26(3)4)35-31(36(29)57-59(50,51)52)33(47)32-37(46-20-22-54-23-21-46)42(45-9)24-30-40(6,7)58-43(39(42)49,44(30,32)56-35)19-15-27(5)38(48)53-10/h12-13,15-16,18,30,32,37,45H,11,14,17,19-24H2,1-10H3,(H2,50,51,52). The molecule has 2 saturated heterocycles. The van der Waals surface area contributed by atoms with Gasteiger partial charge in [0.2, 0.25) is 0 Å². The van der Waals surface area contributed by atoms with Crippen LogP contribution in [-0.2, 0) is 34.8 Å². The van der Waals surface area contributed by atoms with Crippen molar-refractivity contribution in [3.63, 3.8) is 0 Å². The number of carbonyl (C=O) groups excluding carboxylic acids is 3. The number of hydrogen-bond acceptors (Lipinski definition) is 12. The van der Waals surface area contributed by atoms with Crippen LogP contribution in [0.1, 0.15) is 103 Å². The number of allylic oxidation sites excluding steroid dienone is 4. The zero-order valence-electron chi connectivity index (χ0n) is 35.9. The molecule has 4 heterocycles. The number of nitrogens with one attached hydrogen (secondary N) is 1. The average molecular weight is 839 g/mol. The van der Waals surface area contributed by atoms with Gasteiger partial charge in [-0.1, -0.05) is 29.4 Å². The number of methoxy groups -OCH3 is 1. The largest absolute Gasteiger partial charge is 0.524 e. The van der Waals surface area contributed by atoms with Crippen LogP contribution in [0.5, 0.6) is 17.2 Å². The molecule has 15 heteroatoms. The third-order valence-corrected chi connectivity index (χ3v) is 13.9. The SMILES string of the molecule is CNC12CC3C(C)(C)OC(CC=C(C)C(=O)OC)(C1=O)C31Oc3c(CC=C(C)C)c4c(c(OP(=O)(O)O)c3C(=O)C1C2N1CCOCC1)C=CC(C)(CCC=C(C)C)O4. The van der Waals surface area contributed by atoms with Crippen molar-refractivity contribution in [2.45, 2.75) is 121 Å². The molecule has 7 aliphatic rings. The maximum absolute atomic E-state index is 16.2. The Balaban J connectivity index is 1.57. The number of likely N-dealkylation sites (N-methyl/N-ethyl adjacent to an activating group) is 1. The normalized spacial score (nSPS) is 32.9. The van der Waals surface area contributed by atoms with Crippen molar-refractivity contribution in [2.75, 3.05) is 40.5 Å². The Morgan fingerprint density at radius 3 is 2.31 bits per heavy atom. The molecule has 0 amide bonds.